The summed E-state index contributed by atoms with van der Waals surface area (Å²) in [7, 11) is 0. The van der Waals surface area contributed by atoms with Crippen molar-refractivity contribution in [2.75, 3.05) is 17.2 Å². The van der Waals surface area contributed by atoms with Crippen LogP contribution in [0.2, 0.25) is 0 Å². The predicted molar refractivity (Wildman–Crippen MR) is 71.6 cm³/mol. The summed E-state index contributed by atoms with van der Waals surface area (Å²) in [4.78, 5) is 11.1. The van der Waals surface area contributed by atoms with E-state index in [0.29, 0.717) is 12.4 Å². The molecule has 0 atom stereocenters. The van der Waals surface area contributed by atoms with Crippen molar-refractivity contribution in [1.29, 1.82) is 0 Å². The molecule has 0 bridgehead atoms. The van der Waals surface area contributed by atoms with E-state index in [1.165, 1.54) is 0 Å². The van der Waals surface area contributed by atoms with Gasteiger partial charge in [-0.2, -0.15) is 0 Å². The van der Waals surface area contributed by atoms with Crippen LogP contribution in [0.25, 0.3) is 0 Å². The van der Waals surface area contributed by atoms with Gasteiger partial charge in [0.05, 0.1) is 6.54 Å². The summed E-state index contributed by atoms with van der Waals surface area (Å²) in [6.45, 7) is 6.45. The number of hydrogen-bond donors (Lipinski definition) is 1. The number of fused-ring (bicyclic) bond motifs is 1. The van der Waals surface area contributed by atoms with Gasteiger partial charge >= 0.3 is 0 Å². The number of anilines is 2. The SMILES string of the molecule is CCc1nc(N)c(C)c(N2CCn3cnnc3C2)n1. The monoisotopic (exact) mass is 259 g/mol. The van der Waals surface area contributed by atoms with Crippen LogP contribution in [-0.2, 0) is 19.5 Å². The summed E-state index contributed by atoms with van der Waals surface area (Å²) >= 11 is 0. The van der Waals surface area contributed by atoms with Crippen LogP contribution < -0.4 is 10.6 Å². The van der Waals surface area contributed by atoms with Gasteiger partial charge in [0, 0.05) is 25.1 Å². The Hall–Kier alpha value is -2.18. The molecule has 0 aliphatic carbocycles. The topological polar surface area (TPSA) is 85.8 Å². The summed E-state index contributed by atoms with van der Waals surface area (Å²) < 4.78 is 2.07. The molecule has 100 valence electrons. The van der Waals surface area contributed by atoms with Crippen molar-refractivity contribution in [3.63, 3.8) is 0 Å². The third kappa shape index (κ3) is 2.00. The van der Waals surface area contributed by atoms with Crippen LogP contribution >= 0.6 is 0 Å². The van der Waals surface area contributed by atoms with E-state index in [2.05, 4.69) is 29.6 Å². The van der Waals surface area contributed by atoms with E-state index in [1.54, 1.807) is 6.33 Å². The third-order valence-electron chi connectivity index (χ3n) is 3.46. The molecule has 19 heavy (non-hydrogen) atoms. The minimum atomic E-state index is 0.564. The molecule has 3 rings (SSSR count). The molecule has 0 saturated heterocycles. The number of aromatic nitrogens is 5. The molecule has 7 nitrogen and oxygen atoms in total. The van der Waals surface area contributed by atoms with E-state index in [-0.39, 0.29) is 0 Å². The largest absolute Gasteiger partial charge is 0.383 e. The van der Waals surface area contributed by atoms with Crippen molar-refractivity contribution < 1.29 is 0 Å². The summed E-state index contributed by atoms with van der Waals surface area (Å²) in [5, 5.41) is 8.06. The Kier molecular flexibility index (Phi) is 2.81. The normalized spacial score (nSPS) is 14.5. The van der Waals surface area contributed by atoms with Crippen LogP contribution in [0.5, 0.6) is 0 Å². The van der Waals surface area contributed by atoms with E-state index < -0.39 is 0 Å². The van der Waals surface area contributed by atoms with Gasteiger partial charge in [0.1, 0.15) is 23.8 Å². The Morgan fingerprint density at radius 1 is 1.32 bits per heavy atom. The van der Waals surface area contributed by atoms with Crippen molar-refractivity contribution in [2.24, 2.45) is 0 Å². The fourth-order valence-electron chi connectivity index (χ4n) is 2.28. The first-order valence-electron chi connectivity index (χ1n) is 6.43. The Bertz CT molecular complexity index is 604. The molecule has 0 unspecified atom stereocenters. The van der Waals surface area contributed by atoms with Crippen LogP contribution in [0.15, 0.2) is 6.33 Å². The molecule has 0 aromatic carbocycles. The lowest BCUT2D eigenvalue weighted by molar-refractivity contribution is 0.554. The lowest BCUT2D eigenvalue weighted by atomic mass is 10.2. The van der Waals surface area contributed by atoms with Crippen LogP contribution in [0.4, 0.5) is 11.6 Å². The molecule has 3 heterocycles. The number of nitrogens with two attached hydrogens (primary N) is 1. The van der Waals surface area contributed by atoms with Gasteiger partial charge in [-0.1, -0.05) is 6.92 Å². The maximum absolute atomic E-state index is 5.97. The van der Waals surface area contributed by atoms with E-state index in [0.717, 1.165) is 42.5 Å². The van der Waals surface area contributed by atoms with E-state index in [9.17, 15) is 0 Å². The highest BCUT2D eigenvalue weighted by atomic mass is 15.3. The van der Waals surface area contributed by atoms with Crippen molar-refractivity contribution in [3.05, 3.63) is 23.5 Å². The molecule has 1 aliphatic heterocycles. The Labute approximate surface area is 111 Å². The summed E-state index contributed by atoms with van der Waals surface area (Å²) in [6.07, 6.45) is 2.55. The number of aryl methyl sites for hydroxylation is 1. The highest BCUT2D eigenvalue weighted by Crippen LogP contribution is 2.24. The molecule has 0 radical (unpaired) electrons. The van der Waals surface area contributed by atoms with Crippen LogP contribution in [0.1, 0.15) is 24.1 Å². The second kappa shape index (κ2) is 4.49. The standard InChI is InChI=1S/C12H17N7/c1-3-9-15-11(13)8(2)12(16-9)18-4-5-19-7-14-17-10(19)6-18/h7H,3-6H2,1-2H3,(H2,13,15,16). The molecule has 2 N–H and O–H groups in total. The lowest BCUT2D eigenvalue weighted by Crippen LogP contribution is -2.35. The minimum Gasteiger partial charge on any atom is -0.383 e. The lowest BCUT2D eigenvalue weighted by Gasteiger charge is -2.29. The first-order chi connectivity index (χ1) is 9.19. The van der Waals surface area contributed by atoms with E-state index >= 15 is 0 Å². The first-order valence-corrected chi connectivity index (χ1v) is 6.43. The average molecular weight is 259 g/mol. The maximum atomic E-state index is 5.97. The molecular weight excluding hydrogens is 242 g/mol. The molecule has 0 spiro atoms. The second-order valence-electron chi connectivity index (χ2n) is 4.69. The molecule has 0 fully saturated rings. The fraction of sp³-hybridized carbons (Fsp3) is 0.500. The van der Waals surface area contributed by atoms with E-state index in [4.69, 9.17) is 5.73 Å². The van der Waals surface area contributed by atoms with E-state index in [1.807, 2.05) is 13.8 Å². The van der Waals surface area contributed by atoms with Gasteiger partial charge in [0.15, 0.2) is 5.82 Å². The van der Waals surface area contributed by atoms with Gasteiger partial charge in [0.25, 0.3) is 0 Å². The summed E-state index contributed by atoms with van der Waals surface area (Å²) in [5.74, 6) is 3.22. The molecule has 2 aromatic rings. The Balaban J connectivity index is 1.97. The predicted octanol–water partition coefficient (Wildman–Crippen LogP) is 0.541. The summed E-state index contributed by atoms with van der Waals surface area (Å²) in [6, 6.07) is 0. The smallest absolute Gasteiger partial charge is 0.152 e. The zero-order chi connectivity index (χ0) is 13.4. The fourth-order valence-corrected chi connectivity index (χ4v) is 2.28. The van der Waals surface area contributed by atoms with Crippen LogP contribution in [0.3, 0.4) is 0 Å². The maximum Gasteiger partial charge on any atom is 0.152 e. The van der Waals surface area contributed by atoms with Crippen molar-refractivity contribution in [2.45, 2.75) is 33.4 Å². The van der Waals surface area contributed by atoms with Gasteiger partial charge in [-0.05, 0) is 6.92 Å². The van der Waals surface area contributed by atoms with Crippen molar-refractivity contribution in [1.82, 2.24) is 24.7 Å². The highest BCUT2D eigenvalue weighted by molar-refractivity contribution is 5.56. The molecule has 2 aromatic heterocycles. The zero-order valence-electron chi connectivity index (χ0n) is 11.2. The highest BCUT2D eigenvalue weighted by Gasteiger charge is 2.21. The zero-order valence-corrected chi connectivity index (χ0v) is 11.2. The molecular formula is C12H17N7. The van der Waals surface area contributed by atoms with Crippen LogP contribution in [-0.4, -0.2) is 31.3 Å². The minimum absolute atomic E-state index is 0.564. The third-order valence-corrected chi connectivity index (χ3v) is 3.46. The summed E-state index contributed by atoms with van der Waals surface area (Å²) in [5.41, 5.74) is 6.90. The number of nitrogen functional groups attached to an aromatic ring is 1. The first kappa shape index (κ1) is 11.9. The number of nitrogens with zero attached hydrogens (tertiary/aromatic N) is 6. The van der Waals surface area contributed by atoms with Gasteiger partial charge in [-0.25, -0.2) is 9.97 Å². The molecule has 1 aliphatic rings. The molecule has 0 saturated carbocycles. The van der Waals surface area contributed by atoms with Gasteiger partial charge in [-0.3, -0.25) is 0 Å². The van der Waals surface area contributed by atoms with Gasteiger partial charge in [0.2, 0.25) is 0 Å². The van der Waals surface area contributed by atoms with Gasteiger partial charge < -0.3 is 15.2 Å². The number of rotatable bonds is 2. The van der Waals surface area contributed by atoms with Gasteiger partial charge in [-0.15, -0.1) is 10.2 Å². The van der Waals surface area contributed by atoms with Crippen LogP contribution in [0, 0.1) is 6.92 Å². The van der Waals surface area contributed by atoms with Crippen molar-refractivity contribution >= 4 is 11.6 Å². The molecule has 0 amide bonds. The van der Waals surface area contributed by atoms with Crippen molar-refractivity contribution in [3.8, 4) is 0 Å². The molecule has 7 heteroatoms. The second-order valence-corrected chi connectivity index (χ2v) is 4.69. The average Bonchev–Trinajstić information content (AvgIpc) is 2.88. The quantitative estimate of drug-likeness (QED) is 0.847. The Morgan fingerprint density at radius 2 is 2.16 bits per heavy atom. The Morgan fingerprint density at radius 3 is 2.95 bits per heavy atom. The number of hydrogen-bond acceptors (Lipinski definition) is 6.